The third kappa shape index (κ3) is 3.41. The molecule has 0 radical (unpaired) electrons. The van der Waals surface area contributed by atoms with Crippen LogP contribution >= 0.6 is 11.6 Å². The molecule has 0 spiro atoms. The fourth-order valence-electron chi connectivity index (χ4n) is 5.33. The minimum atomic E-state index is -0.739. The SMILES string of the molecule is CC(C)(C)[C@@]1(C(=O)O)CCCC[C@@H]1c1ccc(Cn2c(Cl)nc3ccccc32)cc1. The number of hydrogen-bond acceptors (Lipinski definition) is 2. The van der Waals surface area contributed by atoms with Gasteiger partial charge >= 0.3 is 5.97 Å². The van der Waals surface area contributed by atoms with Crippen molar-refractivity contribution in [2.24, 2.45) is 10.8 Å². The topological polar surface area (TPSA) is 55.1 Å². The van der Waals surface area contributed by atoms with Crippen LogP contribution in [0.3, 0.4) is 0 Å². The summed E-state index contributed by atoms with van der Waals surface area (Å²) in [7, 11) is 0. The number of aromatic nitrogens is 2. The van der Waals surface area contributed by atoms with Gasteiger partial charge in [0.1, 0.15) is 0 Å². The average molecular weight is 425 g/mol. The number of nitrogens with zero attached hydrogens (tertiary/aromatic N) is 2. The summed E-state index contributed by atoms with van der Waals surface area (Å²) >= 11 is 6.38. The highest BCUT2D eigenvalue weighted by Crippen LogP contribution is 2.57. The predicted molar refractivity (Wildman–Crippen MR) is 121 cm³/mol. The van der Waals surface area contributed by atoms with Gasteiger partial charge in [0.25, 0.3) is 0 Å². The van der Waals surface area contributed by atoms with Gasteiger partial charge in [0.05, 0.1) is 23.0 Å². The number of carboxylic acid groups (broad SMARTS) is 1. The lowest BCUT2D eigenvalue weighted by atomic mass is 9.53. The monoisotopic (exact) mass is 424 g/mol. The zero-order valence-electron chi connectivity index (χ0n) is 17.9. The quantitative estimate of drug-likeness (QED) is 0.519. The van der Waals surface area contributed by atoms with Crippen LogP contribution in [0.1, 0.15) is 63.5 Å². The lowest BCUT2D eigenvalue weighted by Gasteiger charge is -2.49. The number of fused-ring (bicyclic) bond motifs is 1. The van der Waals surface area contributed by atoms with E-state index in [0.717, 1.165) is 47.8 Å². The van der Waals surface area contributed by atoms with Crippen molar-refractivity contribution in [2.75, 3.05) is 0 Å². The third-order valence-electron chi connectivity index (χ3n) is 6.96. The molecule has 3 aromatic rings. The van der Waals surface area contributed by atoms with Crippen molar-refractivity contribution in [3.8, 4) is 0 Å². The Balaban J connectivity index is 1.65. The number of carbonyl (C=O) groups is 1. The van der Waals surface area contributed by atoms with Crippen LogP contribution in [0.15, 0.2) is 48.5 Å². The molecule has 0 amide bonds. The van der Waals surface area contributed by atoms with Gasteiger partial charge < -0.3 is 9.67 Å². The summed E-state index contributed by atoms with van der Waals surface area (Å²) < 4.78 is 2.00. The largest absolute Gasteiger partial charge is 0.481 e. The minimum absolute atomic E-state index is 0.0236. The van der Waals surface area contributed by atoms with Crippen LogP contribution < -0.4 is 0 Å². The van der Waals surface area contributed by atoms with Crippen LogP contribution in [0.4, 0.5) is 0 Å². The Morgan fingerprint density at radius 3 is 2.53 bits per heavy atom. The van der Waals surface area contributed by atoms with Crippen LogP contribution in [-0.2, 0) is 11.3 Å². The van der Waals surface area contributed by atoms with Gasteiger partial charge in [-0.2, -0.15) is 0 Å². The summed E-state index contributed by atoms with van der Waals surface area (Å²) in [5.41, 5.74) is 3.09. The van der Waals surface area contributed by atoms with Gasteiger partial charge in [-0.05, 0) is 53.1 Å². The number of carboxylic acids is 1. The Morgan fingerprint density at radius 2 is 1.87 bits per heavy atom. The zero-order valence-corrected chi connectivity index (χ0v) is 18.6. The smallest absolute Gasteiger partial charge is 0.310 e. The van der Waals surface area contributed by atoms with E-state index < -0.39 is 11.4 Å². The highest BCUT2D eigenvalue weighted by atomic mass is 35.5. The van der Waals surface area contributed by atoms with Gasteiger partial charge in [0.2, 0.25) is 5.28 Å². The second-order valence-corrected chi connectivity index (χ2v) is 9.86. The molecule has 0 bridgehead atoms. The molecule has 1 N–H and O–H groups in total. The first-order valence-corrected chi connectivity index (χ1v) is 11.0. The molecule has 158 valence electrons. The Hall–Kier alpha value is -2.33. The average Bonchev–Trinajstić information content (AvgIpc) is 3.03. The van der Waals surface area contributed by atoms with Crippen molar-refractivity contribution < 1.29 is 9.90 Å². The molecule has 0 unspecified atom stereocenters. The number of benzene rings is 2. The van der Waals surface area contributed by atoms with Crippen molar-refractivity contribution in [2.45, 2.75) is 58.9 Å². The maximum atomic E-state index is 12.5. The van der Waals surface area contributed by atoms with Gasteiger partial charge in [-0.25, -0.2) is 4.98 Å². The van der Waals surface area contributed by atoms with Gasteiger partial charge in [-0.3, -0.25) is 4.79 Å². The highest BCUT2D eigenvalue weighted by Gasteiger charge is 2.55. The number of para-hydroxylation sites is 2. The highest BCUT2D eigenvalue weighted by molar-refractivity contribution is 6.29. The minimum Gasteiger partial charge on any atom is -0.481 e. The molecule has 1 aliphatic rings. The molecule has 0 saturated heterocycles. The number of rotatable bonds is 4. The van der Waals surface area contributed by atoms with E-state index in [4.69, 9.17) is 11.6 Å². The fraction of sp³-hybridized carbons (Fsp3) is 0.440. The van der Waals surface area contributed by atoms with E-state index in [2.05, 4.69) is 50.0 Å². The second kappa shape index (κ2) is 7.73. The first kappa shape index (κ1) is 20.9. The number of imidazole rings is 1. The molecular weight excluding hydrogens is 396 g/mol. The Kier molecular flexibility index (Phi) is 5.39. The summed E-state index contributed by atoms with van der Waals surface area (Å²) in [5.74, 6) is -0.643. The number of halogens is 1. The maximum absolute atomic E-state index is 12.5. The Labute approximate surface area is 182 Å². The van der Waals surface area contributed by atoms with Gasteiger partial charge in [-0.1, -0.05) is 70.0 Å². The molecule has 4 nitrogen and oxygen atoms in total. The van der Waals surface area contributed by atoms with E-state index in [9.17, 15) is 9.90 Å². The standard InChI is InChI=1S/C25H29ClN2O2/c1-24(2,3)25(22(29)30)15-7-6-8-19(25)18-13-11-17(12-14-18)16-28-21-10-5-4-9-20(21)27-23(28)26/h4-5,9-14,19H,6-8,15-16H2,1-3H3,(H,29,30)/t19-,25+/m1/s1. The van der Waals surface area contributed by atoms with Crippen molar-refractivity contribution in [1.29, 1.82) is 0 Å². The molecule has 2 aromatic carbocycles. The summed E-state index contributed by atoms with van der Waals surface area (Å²) in [4.78, 5) is 17.0. The second-order valence-electron chi connectivity index (χ2n) is 9.52. The summed E-state index contributed by atoms with van der Waals surface area (Å²) in [6.07, 6.45) is 3.70. The molecule has 1 aromatic heterocycles. The van der Waals surface area contributed by atoms with E-state index in [1.54, 1.807) is 0 Å². The van der Waals surface area contributed by atoms with Crippen molar-refractivity contribution in [3.63, 3.8) is 0 Å². The van der Waals surface area contributed by atoms with Crippen molar-refractivity contribution in [3.05, 3.63) is 64.9 Å². The first-order valence-electron chi connectivity index (χ1n) is 10.7. The summed E-state index contributed by atoms with van der Waals surface area (Å²) in [6.45, 7) is 6.84. The number of aliphatic carboxylic acids is 1. The van der Waals surface area contributed by atoms with Crippen LogP contribution in [0.25, 0.3) is 11.0 Å². The van der Waals surface area contributed by atoms with Gasteiger partial charge in [0, 0.05) is 5.92 Å². The lowest BCUT2D eigenvalue weighted by molar-refractivity contribution is -0.162. The van der Waals surface area contributed by atoms with Crippen molar-refractivity contribution >= 4 is 28.6 Å². The molecular formula is C25H29ClN2O2. The van der Waals surface area contributed by atoms with E-state index in [1.807, 2.05) is 28.8 Å². The summed E-state index contributed by atoms with van der Waals surface area (Å²) in [5, 5.41) is 10.8. The molecule has 2 atom stereocenters. The fourth-order valence-corrected chi connectivity index (χ4v) is 5.57. The van der Waals surface area contributed by atoms with Crippen LogP contribution in [0.2, 0.25) is 5.28 Å². The molecule has 1 heterocycles. The van der Waals surface area contributed by atoms with Crippen LogP contribution in [0, 0.1) is 10.8 Å². The third-order valence-corrected chi connectivity index (χ3v) is 7.25. The normalized spacial score (nSPS) is 22.3. The molecule has 1 saturated carbocycles. The van der Waals surface area contributed by atoms with E-state index >= 15 is 0 Å². The zero-order chi connectivity index (χ0) is 21.5. The predicted octanol–water partition coefficient (Wildman–Crippen LogP) is 6.51. The lowest BCUT2D eigenvalue weighted by Crippen LogP contribution is -2.49. The Morgan fingerprint density at radius 1 is 1.17 bits per heavy atom. The van der Waals surface area contributed by atoms with Crippen LogP contribution in [0.5, 0.6) is 0 Å². The number of hydrogen-bond donors (Lipinski definition) is 1. The molecule has 1 aliphatic carbocycles. The van der Waals surface area contributed by atoms with Gasteiger partial charge in [-0.15, -0.1) is 0 Å². The molecule has 5 heteroatoms. The van der Waals surface area contributed by atoms with Crippen molar-refractivity contribution in [1.82, 2.24) is 9.55 Å². The molecule has 30 heavy (non-hydrogen) atoms. The molecule has 4 rings (SSSR count). The summed E-state index contributed by atoms with van der Waals surface area (Å²) in [6, 6.07) is 16.4. The van der Waals surface area contributed by atoms with E-state index in [-0.39, 0.29) is 11.3 Å². The Bertz CT molecular complexity index is 1060. The van der Waals surface area contributed by atoms with E-state index in [0.29, 0.717) is 11.8 Å². The molecule has 1 fully saturated rings. The van der Waals surface area contributed by atoms with E-state index in [1.165, 1.54) is 0 Å². The van der Waals surface area contributed by atoms with Gasteiger partial charge in [0.15, 0.2) is 0 Å². The van der Waals surface area contributed by atoms with Crippen LogP contribution in [-0.4, -0.2) is 20.6 Å². The maximum Gasteiger partial charge on any atom is 0.310 e. The first-order chi connectivity index (χ1) is 14.2. The molecule has 0 aliphatic heterocycles.